The van der Waals surface area contributed by atoms with Crippen molar-refractivity contribution in [3.05, 3.63) is 47.2 Å². The Balaban J connectivity index is 2.08. The molecule has 7 heteroatoms. The van der Waals surface area contributed by atoms with Crippen LogP contribution in [0.1, 0.15) is 17.2 Å². The largest absolute Gasteiger partial charge is 0.506 e. The van der Waals surface area contributed by atoms with Crippen molar-refractivity contribution in [2.45, 2.75) is 6.10 Å². The highest BCUT2D eigenvalue weighted by molar-refractivity contribution is 5.71. The lowest BCUT2D eigenvalue weighted by molar-refractivity contribution is 0.141. The smallest absolute Gasteiger partial charge is 0.175 e. The van der Waals surface area contributed by atoms with E-state index in [9.17, 15) is 10.2 Å². The van der Waals surface area contributed by atoms with E-state index in [0.717, 1.165) is 0 Å². The Labute approximate surface area is 151 Å². The van der Waals surface area contributed by atoms with Crippen molar-refractivity contribution in [3.63, 3.8) is 0 Å². The Morgan fingerprint density at radius 2 is 1.38 bits per heavy atom. The van der Waals surface area contributed by atoms with Crippen molar-refractivity contribution >= 4 is 5.76 Å². The number of rotatable bonds is 5. The van der Waals surface area contributed by atoms with Gasteiger partial charge in [0.05, 0.1) is 28.4 Å². The van der Waals surface area contributed by atoms with Crippen LogP contribution >= 0.6 is 0 Å². The van der Waals surface area contributed by atoms with Crippen LogP contribution in [0.2, 0.25) is 0 Å². The monoisotopic (exact) mass is 360 g/mol. The topological polar surface area (TPSA) is 86.6 Å². The molecule has 0 saturated carbocycles. The number of methoxy groups -OCH3 is 4. The van der Waals surface area contributed by atoms with Crippen molar-refractivity contribution in [2.75, 3.05) is 28.4 Å². The molecule has 0 bridgehead atoms. The van der Waals surface area contributed by atoms with Crippen molar-refractivity contribution in [1.29, 1.82) is 0 Å². The molecule has 1 heterocycles. The van der Waals surface area contributed by atoms with Crippen LogP contribution in [-0.2, 0) is 0 Å². The highest BCUT2D eigenvalue weighted by Crippen LogP contribution is 2.45. The zero-order valence-electron chi connectivity index (χ0n) is 14.9. The van der Waals surface area contributed by atoms with Crippen LogP contribution in [0.4, 0.5) is 0 Å². The van der Waals surface area contributed by atoms with E-state index < -0.39 is 6.10 Å². The summed E-state index contributed by atoms with van der Waals surface area (Å²) in [5.41, 5.74) is 0.906. The molecular weight excluding hydrogens is 340 g/mol. The Hall–Kier alpha value is -3.06. The van der Waals surface area contributed by atoms with Gasteiger partial charge in [-0.3, -0.25) is 0 Å². The third kappa shape index (κ3) is 2.86. The zero-order chi connectivity index (χ0) is 18.8. The van der Waals surface area contributed by atoms with Gasteiger partial charge < -0.3 is 33.9 Å². The summed E-state index contributed by atoms with van der Waals surface area (Å²) in [6, 6.07) is 8.22. The van der Waals surface area contributed by atoms with E-state index in [-0.39, 0.29) is 11.5 Å². The van der Waals surface area contributed by atoms with E-state index in [1.807, 2.05) is 0 Å². The van der Waals surface area contributed by atoms with Gasteiger partial charge in [-0.2, -0.15) is 0 Å². The quantitative estimate of drug-likeness (QED) is 0.847. The normalized spacial score (nSPS) is 15.8. The molecule has 0 aliphatic carbocycles. The predicted molar refractivity (Wildman–Crippen MR) is 94.2 cm³/mol. The van der Waals surface area contributed by atoms with Gasteiger partial charge in [-0.25, -0.2) is 0 Å². The molecule has 2 aromatic rings. The van der Waals surface area contributed by atoms with E-state index in [0.29, 0.717) is 39.9 Å². The molecule has 2 aromatic carbocycles. The highest BCUT2D eigenvalue weighted by Gasteiger charge is 2.31. The standard InChI is InChI=1S/C19H20O7/c1-22-12-6-5-10(7-14(12)23-2)19-18(21)17(20)11-8-15(24-3)16(25-4)9-13(11)26-19/h5-9,17,20-21H,1-4H3/t17-/m1/s1. The Bertz CT molecular complexity index is 857. The predicted octanol–water partition coefficient (Wildman–Crippen LogP) is 3.07. The van der Waals surface area contributed by atoms with Crippen LogP contribution < -0.4 is 23.7 Å². The van der Waals surface area contributed by atoms with E-state index in [2.05, 4.69) is 0 Å². The minimum absolute atomic E-state index is 0.123. The van der Waals surface area contributed by atoms with Crippen LogP contribution in [-0.4, -0.2) is 38.7 Å². The summed E-state index contributed by atoms with van der Waals surface area (Å²) in [6.45, 7) is 0. The molecule has 26 heavy (non-hydrogen) atoms. The van der Waals surface area contributed by atoms with E-state index in [1.54, 1.807) is 30.3 Å². The van der Waals surface area contributed by atoms with Crippen molar-refractivity contribution in [2.24, 2.45) is 0 Å². The van der Waals surface area contributed by atoms with Crippen molar-refractivity contribution in [3.8, 4) is 28.7 Å². The molecule has 7 nitrogen and oxygen atoms in total. The fourth-order valence-electron chi connectivity index (χ4n) is 2.80. The first-order valence-corrected chi connectivity index (χ1v) is 7.81. The SMILES string of the molecule is COc1ccc(C2=C(O)[C@H](O)c3cc(OC)c(OC)cc3O2)cc1OC. The minimum Gasteiger partial charge on any atom is -0.506 e. The first-order valence-electron chi connectivity index (χ1n) is 7.81. The third-order valence-electron chi connectivity index (χ3n) is 4.16. The molecule has 0 radical (unpaired) electrons. The number of aliphatic hydroxyl groups excluding tert-OH is 2. The molecule has 0 saturated heterocycles. The van der Waals surface area contributed by atoms with Crippen molar-refractivity contribution < 1.29 is 33.9 Å². The van der Waals surface area contributed by atoms with Crippen LogP contribution in [0.15, 0.2) is 36.1 Å². The van der Waals surface area contributed by atoms with Crippen LogP contribution in [0.3, 0.4) is 0 Å². The molecule has 138 valence electrons. The molecule has 3 rings (SSSR count). The summed E-state index contributed by atoms with van der Waals surface area (Å²) < 4.78 is 26.9. The lowest BCUT2D eigenvalue weighted by atomic mass is 9.99. The maximum absolute atomic E-state index is 10.5. The molecule has 1 atom stereocenters. The summed E-state index contributed by atoms with van der Waals surface area (Å²) in [7, 11) is 6.04. The van der Waals surface area contributed by atoms with E-state index in [1.165, 1.54) is 28.4 Å². The fourth-order valence-corrected chi connectivity index (χ4v) is 2.80. The van der Waals surface area contributed by atoms with Gasteiger partial charge in [-0.1, -0.05) is 0 Å². The van der Waals surface area contributed by atoms with E-state index in [4.69, 9.17) is 23.7 Å². The van der Waals surface area contributed by atoms with Crippen molar-refractivity contribution in [1.82, 2.24) is 0 Å². The zero-order valence-corrected chi connectivity index (χ0v) is 14.9. The van der Waals surface area contributed by atoms with Gasteiger partial charge in [0.15, 0.2) is 34.5 Å². The summed E-state index contributed by atoms with van der Waals surface area (Å²) in [5, 5.41) is 21.0. The summed E-state index contributed by atoms with van der Waals surface area (Å²) in [5.74, 6) is 2.07. The Kier molecular flexibility index (Phi) is 4.81. The number of ether oxygens (including phenoxy) is 5. The summed E-state index contributed by atoms with van der Waals surface area (Å²) >= 11 is 0. The molecule has 1 aliphatic heterocycles. The molecule has 0 spiro atoms. The van der Waals surface area contributed by atoms with Gasteiger partial charge in [0.2, 0.25) is 0 Å². The average Bonchev–Trinajstić information content (AvgIpc) is 2.69. The molecule has 0 amide bonds. The van der Waals surface area contributed by atoms with Gasteiger partial charge in [0.25, 0.3) is 0 Å². The molecule has 1 aliphatic rings. The fraction of sp³-hybridized carbons (Fsp3) is 0.263. The van der Waals surface area contributed by atoms with Gasteiger partial charge >= 0.3 is 0 Å². The summed E-state index contributed by atoms with van der Waals surface area (Å²) in [4.78, 5) is 0. The van der Waals surface area contributed by atoms with Gasteiger partial charge in [0.1, 0.15) is 11.9 Å². The number of hydrogen-bond acceptors (Lipinski definition) is 7. The van der Waals surface area contributed by atoms with Crippen LogP contribution in [0.5, 0.6) is 28.7 Å². The number of benzene rings is 2. The molecule has 0 aromatic heterocycles. The number of hydrogen-bond donors (Lipinski definition) is 2. The Morgan fingerprint density at radius 1 is 0.808 bits per heavy atom. The minimum atomic E-state index is -1.26. The van der Waals surface area contributed by atoms with Crippen LogP contribution in [0, 0.1) is 0 Å². The summed E-state index contributed by atoms with van der Waals surface area (Å²) in [6.07, 6.45) is -1.26. The third-order valence-corrected chi connectivity index (χ3v) is 4.16. The second kappa shape index (κ2) is 7.05. The van der Waals surface area contributed by atoms with Crippen LogP contribution in [0.25, 0.3) is 5.76 Å². The van der Waals surface area contributed by atoms with Gasteiger partial charge in [0, 0.05) is 17.2 Å². The maximum atomic E-state index is 10.5. The maximum Gasteiger partial charge on any atom is 0.175 e. The van der Waals surface area contributed by atoms with Gasteiger partial charge in [-0.15, -0.1) is 0 Å². The first-order chi connectivity index (χ1) is 12.5. The number of fused-ring (bicyclic) bond motifs is 1. The van der Waals surface area contributed by atoms with Gasteiger partial charge in [-0.05, 0) is 24.3 Å². The molecule has 2 N–H and O–H groups in total. The molecule has 0 unspecified atom stereocenters. The second-order valence-corrected chi connectivity index (χ2v) is 5.53. The molecular formula is C19H20O7. The molecule has 0 fully saturated rings. The first kappa shape index (κ1) is 17.8. The lowest BCUT2D eigenvalue weighted by Gasteiger charge is -2.26. The van der Waals surface area contributed by atoms with E-state index >= 15 is 0 Å². The lowest BCUT2D eigenvalue weighted by Crippen LogP contribution is -2.15. The second-order valence-electron chi connectivity index (χ2n) is 5.53. The average molecular weight is 360 g/mol. The highest BCUT2D eigenvalue weighted by atomic mass is 16.5. The number of aliphatic hydroxyl groups is 2. The Morgan fingerprint density at radius 3 is 2.00 bits per heavy atom.